The molecule has 11 heteroatoms. The lowest BCUT2D eigenvalue weighted by atomic mass is 9.99. The van der Waals surface area contributed by atoms with Crippen molar-refractivity contribution in [2.75, 3.05) is 45.7 Å². The first kappa shape index (κ1) is 29.0. The molecule has 218 valence electrons. The first-order valence-electron chi connectivity index (χ1n) is 14.0. The zero-order chi connectivity index (χ0) is 29.3. The lowest BCUT2D eigenvalue weighted by Gasteiger charge is -2.41. The third-order valence-electron chi connectivity index (χ3n) is 7.43. The summed E-state index contributed by atoms with van der Waals surface area (Å²) in [4.78, 5) is 21.9. The van der Waals surface area contributed by atoms with Crippen LogP contribution in [-0.4, -0.2) is 80.2 Å². The van der Waals surface area contributed by atoms with Crippen LogP contribution in [0.3, 0.4) is 0 Å². The van der Waals surface area contributed by atoms with E-state index in [2.05, 4.69) is 56.1 Å². The van der Waals surface area contributed by atoms with E-state index in [4.69, 9.17) is 4.74 Å². The zero-order valence-corrected chi connectivity index (χ0v) is 24.6. The molecule has 1 fully saturated rings. The van der Waals surface area contributed by atoms with E-state index >= 15 is 4.39 Å². The van der Waals surface area contributed by atoms with Crippen LogP contribution in [0.2, 0.25) is 0 Å². The van der Waals surface area contributed by atoms with Gasteiger partial charge in [-0.15, -0.1) is 0 Å². The smallest absolute Gasteiger partial charge is 0.229 e. The van der Waals surface area contributed by atoms with Crippen LogP contribution in [0.1, 0.15) is 44.6 Å². The fourth-order valence-corrected chi connectivity index (χ4v) is 5.42. The predicted octanol–water partition coefficient (Wildman–Crippen LogP) is 5.34. The number of morpholine rings is 1. The Hall–Kier alpha value is -3.54. The zero-order valence-electron chi connectivity index (χ0n) is 24.6. The summed E-state index contributed by atoms with van der Waals surface area (Å²) in [6.07, 6.45) is 3.87. The van der Waals surface area contributed by atoms with E-state index in [1.54, 1.807) is 6.07 Å². The van der Waals surface area contributed by atoms with Gasteiger partial charge in [-0.25, -0.2) is 28.7 Å². The molecule has 9 nitrogen and oxygen atoms in total. The number of rotatable bonds is 9. The Balaban J connectivity index is 1.30. The van der Waals surface area contributed by atoms with E-state index in [9.17, 15) is 4.39 Å². The monoisotopic (exact) mass is 564 g/mol. The van der Waals surface area contributed by atoms with Gasteiger partial charge >= 0.3 is 0 Å². The Kier molecular flexibility index (Phi) is 8.30. The van der Waals surface area contributed by atoms with Gasteiger partial charge in [0.15, 0.2) is 11.6 Å². The molecule has 1 aliphatic rings. The third-order valence-corrected chi connectivity index (χ3v) is 7.43. The van der Waals surface area contributed by atoms with Crippen LogP contribution in [0, 0.1) is 18.6 Å². The number of aromatic nitrogens is 5. The predicted molar refractivity (Wildman–Crippen MR) is 156 cm³/mol. The summed E-state index contributed by atoms with van der Waals surface area (Å²) in [5.41, 5.74) is 2.07. The second kappa shape index (κ2) is 11.8. The highest BCUT2D eigenvalue weighted by Crippen LogP contribution is 2.30. The minimum Gasteiger partial charge on any atom is -0.373 e. The number of imidazole rings is 1. The van der Waals surface area contributed by atoms with Crippen molar-refractivity contribution in [3.63, 3.8) is 0 Å². The molecule has 1 aliphatic heterocycles. The molecule has 41 heavy (non-hydrogen) atoms. The van der Waals surface area contributed by atoms with Gasteiger partial charge in [-0.2, -0.15) is 0 Å². The highest BCUT2D eigenvalue weighted by molar-refractivity contribution is 5.83. The Bertz CT molecular complexity index is 1520. The first-order valence-corrected chi connectivity index (χ1v) is 14.0. The Morgan fingerprint density at radius 2 is 1.90 bits per heavy atom. The van der Waals surface area contributed by atoms with Gasteiger partial charge in [-0.1, -0.05) is 6.07 Å². The molecule has 0 aliphatic carbocycles. The van der Waals surface area contributed by atoms with Crippen molar-refractivity contribution in [1.82, 2.24) is 34.3 Å². The van der Waals surface area contributed by atoms with Gasteiger partial charge in [-0.3, -0.25) is 4.90 Å². The quantitative estimate of drug-likeness (QED) is 0.292. The van der Waals surface area contributed by atoms with E-state index in [1.165, 1.54) is 6.07 Å². The largest absolute Gasteiger partial charge is 0.373 e. The number of anilines is 2. The highest BCUT2D eigenvalue weighted by Gasteiger charge is 2.31. The summed E-state index contributed by atoms with van der Waals surface area (Å²) in [7, 11) is 4.15. The van der Waals surface area contributed by atoms with Gasteiger partial charge < -0.3 is 19.5 Å². The summed E-state index contributed by atoms with van der Waals surface area (Å²) in [6, 6.07) is 6.90. The molecule has 0 spiro atoms. The van der Waals surface area contributed by atoms with Crippen LogP contribution in [0.5, 0.6) is 0 Å². The number of benzene rings is 1. The van der Waals surface area contributed by atoms with Gasteiger partial charge in [-0.05, 0) is 72.0 Å². The maximum absolute atomic E-state index is 15.0. The van der Waals surface area contributed by atoms with Crippen LogP contribution in [0.15, 0.2) is 36.7 Å². The lowest BCUT2D eigenvalue weighted by molar-refractivity contribution is -0.106. The number of halogens is 2. The normalized spacial score (nSPS) is 18.1. The summed E-state index contributed by atoms with van der Waals surface area (Å²) < 4.78 is 37.9. The number of hydrogen-bond donors (Lipinski definition) is 1. The molecule has 0 saturated carbocycles. The van der Waals surface area contributed by atoms with Gasteiger partial charge in [0.2, 0.25) is 5.95 Å². The molecule has 1 atom stereocenters. The van der Waals surface area contributed by atoms with Crippen LogP contribution < -0.4 is 5.32 Å². The number of pyridine rings is 1. The van der Waals surface area contributed by atoms with E-state index in [1.807, 2.05) is 43.7 Å². The van der Waals surface area contributed by atoms with Crippen molar-refractivity contribution in [3.8, 4) is 11.3 Å². The van der Waals surface area contributed by atoms with Crippen LogP contribution in [0.25, 0.3) is 22.3 Å². The summed E-state index contributed by atoms with van der Waals surface area (Å²) in [5.74, 6) is 0.217. The van der Waals surface area contributed by atoms with Crippen LogP contribution in [-0.2, 0) is 11.3 Å². The lowest BCUT2D eigenvalue weighted by Crippen LogP contribution is -2.50. The van der Waals surface area contributed by atoms with Crippen LogP contribution >= 0.6 is 0 Å². The van der Waals surface area contributed by atoms with Gasteiger partial charge in [0.25, 0.3) is 0 Å². The number of fused-ring (bicyclic) bond motifs is 1. The SMILES string of the molecule is Cc1nc2c(F)cc(-c3nc(Nc4ccc(CN5CCOC(C)(CCN(C)C)C5)cn4)ncc3F)cc2n1C(C)C. The average molecular weight is 565 g/mol. The van der Waals surface area contributed by atoms with Gasteiger partial charge in [0.05, 0.1) is 23.9 Å². The molecular formula is C30H38F2N8O. The van der Waals surface area contributed by atoms with Crippen molar-refractivity contribution in [1.29, 1.82) is 0 Å². The highest BCUT2D eigenvalue weighted by atomic mass is 19.1. The molecule has 5 rings (SSSR count). The van der Waals surface area contributed by atoms with E-state index in [0.717, 1.165) is 44.4 Å². The Morgan fingerprint density at radius 1 is 1.10 bits per heavy atom. The summed E-state index contributed by atoms with van der Waals surface area (Å²) in [5, 5.41) is 3.05. The van der Waals surface area contributed by atoms with E-state index in [-0.39, 0.29) is 28.8 Å². The van der Waals surface area contributed by atoms with Gasteiger partial charge in [0.1, 0.15) is 22.9 Å². The number of ether oxygens (including phenoxy) is 1. The molecule has 1 unspecified atom stereocenters. The minimum absolute atomic E-state index is 0.00119. The van der Waals surface area contributed by atoms with Crippen molar-refractivity contribution in [3.05, 3.63) is 59.7 Å². The third kappa shape index (κ3) is 6.52. The second-order valence-corrected chi connectivity index (χ2v) is 11.6. The number of nitrogens with one attached hydrogen (secondary N) is 1. The summed E-state index contributed by atoms with van der Waals surface area (Å²) in [6.45, 7) is 12.2. The Morgan fingerprint density at radius 3 is 2.61 bits per heavy atom. The van der Waals surface area contributed by atoms with Crippen molar-refractivity contribution in [2.24, 2.45) is 0 Å². The molecule has 1 saturated heterocycles. The molecule has 4 heterocycles. The number of hydrogen-bond acceptors (Lipinski definition) is 8. The average Bonchev–Trinajstić information content (AvgIpc) is 3.26. The minimum atomic E-state index is -0.645. The van der Waals surface area contributed by atoms with Crippen molar-refractivity contribution in [2.45, 2.75) is 52.3 Å². The molecule has 0 radical (unpaired) electrons. The van der Waals surface area contributed by atoms with E-state index < -0.39 is 11.6 Å². The maximum atomic E-state index is 15.0. The number of aryl methyl sites for hydroxylation is 1. The Labute approximate surface area is 239 Å². The first-order chi connectivity index (χ1) is 19.5. The number of nitrogens with zero attached hydrogens (tertiary/aromatic N) is 7. The second-order valence-electron chi connectivity index (χ2n) is 11.6. The fraction of sp³-hybridized carbons (Fsp3) is 0.467. The molecular weight excluding hydrogens is 526 g/mol. The molecule has 1 aromatic carbocycles. The maximum Gasteiger partial charge on any atom is 0.229 e. The van der Waals surface area contributed by atoms with Crippen molar-refractivity contribution >= 4 is 22.8 Å². The molecule has 0 bridgehead atoms. The standard InChI is InChI=1S/C30H38F2N8O/c1-19(2)40-20(3)35-28-23(31)13-22(14-25(28)40)27-24(32)16-34-29(37-27)36-26-8-7-21(15-33-26)17-39-11-12-41-30(4,18-39)9-10-38(5)6/h7-8,13-16,19H,9-12,17-18H2,1-6H3,(H,33,34,36,37). The topological polar surface area (TPSA) is 84.2 Å². The van der Waals surface area contributed by atoms with E-state index in [0.29, 0.717) is 29.3 Å². The molecule has 3 aromatic heterocycles. The fourth-order valence-electron chi connectivity index (χ4n) is 5.42. The summed E-state index contributed by atoms with van der Waals surface area (Å²) >= 11 is 0. The molecule has 1 N–H and O–H groups in total. The van der Waals surface area contributed by atoms with Gasteiger partial charge in [0, 0.05) is 44.0 Å². The van der Waals surface area contributed by atoms with Crippen LogP contribution in [0.4, 0.5) is 20.5 Å². The van der Waals surface area contributed by atoms with Crippen molar-refractivity contribution < 1.29 is 13.5 Å². The molecule has 4 aromatic rings. The molecule has 0 amide bonds.